The van der Waals surface area contributed by atoms with E-state index in [0.717, 1.165) is 16.6 Å². The Morgan fingerprint density at radius 3 is 2.46 bits per heavy atom. The number of amides is 1. The molecule has 0 aliphatic heterocycles. The second-order valence-electron chi connectivity index (χ2n) is 5.84. The second-order valence-corrected chi connectivity index (χ2v) is 7.13. The first kappa shape index (κ1) is 18.8. The van der Waals surface area contributed by atoms with E-state index in [9.17, 15) is 4.79 Å². The molecular formula is C18H21BrClN2O2+. The highest BCUT2D eigenvalue weighted by Gasteiger charge is 2.06. The normalized spacial score (nSPS) is 10.7. The van der Waals surface area contributed by atoms with E-state index >= 15 is 0 Å². The molecule has 0 fully saturated rings. The van der Waals surface area contributed by atoms with Crippen molar-refractivity contribution in [3.63, 3.8) is 0 Å². The molecule has 2 aromatic rings. The molecule has 0 atom stereocenters. The van der Waals surface area contributed by atoms with Crippen LogP contribution in [0, 0.1) is 0 Å². The molecule has 2 rings (SSSR count). The van der Waals surface area contributed by atoms with E-state index in [2.05, 4.69) is 47.5 Å². The zero-order valence-corrected chi connectivity index (χ0v) is 16.1. The maximum Gasteiger partial charge on any atom is 0.258 e. The van der Waals surface area contributed by atoms with Gasteiger partial charge in [0, 0.05) is 17.1 Å². The zero-order valence-electron chi connectivity index (χ0n) is 13.7. The third-order valence-corrected chi connectivity index (χ3v) is 4.18. The number of ether oxygens (including phenoxy) is 1. The average Bonchev–Trinajstić information content (AvgIpc) is 2.53. The number of nitrogens with one attached hydrogen (secondary N) is 2. The summed E-state index contributed by atoms with van der Waals surface area (Å²) in [7, 11) is 4.24. The van der Waals surface area contributed by atoms with Crippen molar-refractivity contribution in [2.24, 2.45) is 0 Å². The van der Waals surface area contributed by atoms with Crippen LogP contribution in [0.25, 0.3) is 0 Å². The minimum absolute atomic E-state index is 0.0394. The lowest BCUT2D eigenvalue weighted by molar-refractivity contribution is -0.872. The minimum atomic E-state index is -0.168. The third-order valence-electron chi connectivity index (χ3n) is 3.32. The number of carbonyl (C=O) groups is 1. The first-order valence-corrected chi connectivity index (χ1v) is 8.82. The fourth-order valence-electron chi connectivity index (χ4n) is 2.17. The summed E-state index contributed by atoms with van der Waals surface area (Å²) in [6.45, 7) is 1.43. The van der Waals surface area contributed by atoms with E-state index in [0.29, 0.717) is 17.3 Å². The summed E-state index contributed by atoms with van der Waals surface area (Å²) in [6.07, 6.45) is 0. The molecule has 0 saturated carbocycles. The highest BCUT2D eigenvalue weighted by atomic mass is 79.9. The fraction of sp³-hybridized carbons (Fsp3) is 0.278. The molecule has 0 unspecified atom stereocenters. The number of hydrogen-bond acceptors (Lipinski definition) is 2. The number of benzene rings is 2. The molecule has 2 aromatic carbocycles. The van der Waals surface area contributed by atoms with Gasteiger partial charge in [0.05, 0.1) is 18.6 Å². The van der Waals surface area contributed by atoms with Gasteiger partial charge in [-0.1, -0.05) is 35.9 Å². The minimum Gasteiger partial charge on any atom is -0.483 e. The standard InChI is InChI=1S/C18H20BrClN2O2/c1-22(2)11-14-5-3-13(4-6-14)10-21-18(23)12-24-17-8-7-15(20)9-16(17)19/h3-9H,10-12H2,1-2H3,(H,21,23)/p+1. The van der Waals surface area contributed by atoms with Crippen LogP contribution in [0.3, 0.4) is 0 Å². The van der Waals surface area contributed by atoms with Crippen molar-refractivity contribution < 1.29 is 14.4 Å². The summed E-state index contributed by atoms with van der Waals surface area (Å²) in [5.41, 5.74) is 2.34. The molecule has 0 aliphatic rings. The summed E-state index contributed by atoms with van der Waals surface area (Å²) in [4.78, 5) is 13.3. The lowest BCUT2D eigenvalue weighted by Crippen LogP contribution is -3.04. The van der Waals surface area contributed by atoms with Gasteiger partial charge in [-0.05, 0) is 39.7 Å². The third kappa shape index (κ3) is 6.15. The number of carbonyl (C=O) groups excluding carboxylic acids is 1. The van der Waals surface area contributed by atoms with Crippen LogP contribution in [-0.4, -0.2) is 26.6 Å². The van der Waals surface area contributed by atoms with Crippen molar-refractivity contribution in [2.75, 3.05) is 20.7 Å². The summed E-state index contributed by atoms with van der Waals surface area (Å²) in [6, 6.07) is 13.4. The van der Waals surface area contributed by atoms with Gasteiger partial charge >= 0.3 is 0 Å². The monoisotopic (exact) mass is 411 g/mol. The van der Waals surface area contributed by atoms with Crippen LogP contribution in [0.4, 0.5) is 0 Å². The number of halogens is 2. The Bertz CT molecular complexity index is 690. The van der Waals surface area contributed by atoms with Gasteiger partial charge < -0.3 is 15.0 Å². The fourth-order valence-corrected chi connectivity index (χ4v) is 2.97. The van der Waals surface area contributed by atoms with Crippen LogP contribution in [-0.2, 0) is 17.9 Å². The molecular weight excluding hydrogens is 392 g/mol. The maximum absolute atomic E-state index is 11.9. The van der Waals surface area contributed by atoms with E-state index in [1.54, 1.807) is 18.2 Å². The lowest BCUT2D eigenvalue weighted by Gasteiger charge is -2.10. The van der Waals surface area contributed by atoms with Gasteiger partial charge in [-0.3, -0.25) is 4.79 Å². The van der Waals surface area contributed by atoms with Crippen LogP contribution >= 0.6 is 27.5 Å². The molecule has 0 radical (unpaired) electrons. The topological polar surface area (TPSA) is 42.8 Å². The van der Waals surface area contributed by atoms with E-state index in [4.69, 9.17) is 16.3 Å². The Hall–Kier alpha value is -1.56. The van der Waals surface area contributed by atoms with Crippen molar-refractivity contribution in [3.05, 3.63) is 63.1 Å². The Morgan fingerprint density at radius 1 is 1.17 bits per heavy atom. The quantitative estimate of drug-likeness (QED) is 0.733. The number of hydrogen-bond donors (Lipinski definition) is 2. The van der Waals surface area contributed by atoms with Crippen LogP contribution < -0.4 is 15.0 Å². The molecule has 2 N–H and O–H groups in total. The number of rotatable bonds is 7. The summed E-state index contributed by atoms with van der Waals surface area (Å²) >= 11 is 9.22. The summed E-state index contributed by atoms with van der Waals surface area (Å²) in [5, 5.41) is 3.46. The first-order chi connectivity index (χ1) is 11.4. The molecule has 0 aliphatic carbocycles. The highest BCUT2D eigenvalue weighted by molar-refractivity contribution is 9.10. The second kappa shape index (κ2) is 9.06. The van der Waals surface area contributed by atoms with Crippen molar-refractivity contribution in [2.45, 2.75) is 13.1 Å². The van der Waals surface area contributed by atoms with Crippen LogP contribution in [0.1, 0.15) is 11.1 Å². The molecule has 0 aromatic heterocycles. The van der Waals surface area contributed by atoms with E-state index < -0.39 is 0 Å². The molecule has 4 nitrogen and oxygen atoms in total. The molecule has 128 valence electrons. The van der Waals surface area contributed by atoms with Crippen LogP contribution in [0.2, 0.25) is 5.02 Å². The smallest absolute Gasteiger partial charge is 0.258 e. The number of quaternary nitrogens is 1. The van der Waals surface area contributed by atoms with Gasteiger partial charge in [0.1, 0.15) is 12.3 Å². The predicted octanol–water partition coefficient (Wildman–Crippen LogP) is 2.44. The van der Waals surface area contributed by atoms with Crippen LogP contribution in [0.5, 0.6) is 5.75 Å². The van der Waals surface area contributed by atoms with E-state index in [-0.39, 0.29) is 12.5 Å². The van der Waals surface area contributed by atoms with Crippen molar-refractivity contribution in [1.82, 2.24) is 5.32 Å². The first-order valence-electron chi connectivity index (χ1n) is 7.65. The Kier molecular flexibility index (Phi) is 7.09. The van der Waals surface area contributed by atoms with Crippen molar-refractivity contribution in [3.8, 4) is 5.75 Å². The van der Waals surface area contributed by atoms with E-state index in [1.807, 2.05) is 12.1 Å². The molecule has 0 spiro atoms. The Morgan fingerprint density at radius 2 is 1.83 bits per heavy atom. The lowest BCUT2D eigenvalue weighted by atomic mass is 10.1. The summed E-state index contributed by atoms with van der Waals surface area (Å²) < 4.78 is 6.21. The molecule has 1 amide bonds. The van der Waals surface area contributed by atoms with E-state index in [1.165, 1.54) is 10.5 Å². The van der Waals surface area contributed by atoms with Gasteiger partial charge in [-0.15, -0.1) is 0 Å². The largest absolute Gasteiger partial charge is 0.483 e. The highest BCUT2D eigenvalue weighted by Crippen LogP contribution is 2.27. The Balaban J connectivity index is 1.78. The molecule has 0 saturated heterocycles. The molecule has 6 heteroatoms. The van der Waals surface area contributed by atoms with Gasteiger partial charge in [-0.25, -0.2) is 0 Å². The summed E-state index contributed by atoms with van der Waals surface area (Å²) in [5.74, 6) is 0.420. The maximum atomic E-state index is 11.9. The predicted molar refractivity (Wildman–Crippen MR) is 99.5 cm³/mol. The van der Waals surface area contributed by atoms with Crippen molar-refractivity contribution >= 4 is 33.4 Å². The van der Waals surface area contributed by atoms with Gasteiger partial charge in [0.15, 0.2) is 6.61 Å². The van der Waals surface area contributed by atoms with Crippen LogP contribution in [0.15, 0.2) is 46.9 Å². The zero-order chi connectivity index (χ0) is 17.5. The van der Waals surface area contributed by atoms with Gasteiger partial charge in [0.25, 0.3) is 5.91 Å². The average molecular weight is 413 g/mol. The van der Waals surface area contributed by atoms with Gasteiger partial charge in [-0.2, -0.15) is 0 Å². The van der Waals surface area contributed by atoms with Crippen molar-refractivity contribution in [1.29, 1.82) is 0 Å². The molecule has 0 bridgehead atoms. The Labute approximate surface area is 155 Å². The van der Waals surface area contributed by atoms with Gasteiger partial charge in [0.2, 0.25) is 0 Å². The molecule has 0 heterocycles. The molecule has 24 heavy (non-hydrogen) atoms. The SMILES string of the molecule is C[NH+](C)Cc1ccc(CNC(=O)COc2ccc(Cl)cc2Br)cc1.